The van der Waals surface area contributed by atoms with Gasteiger partial charge < -0.3 is 0 Å². The van der Waals surface area contributed by atoms with Crippen LogP contribution in [-0.4, -0.2) is 37.2 Å². The summed E-state index contributed by atoms with van der Waals surface area (Å²) in [7, 11) is 0. The lowest BCUT2D eigenvalue weighted by atomic mass is 10.1. The van der Waals surface area contributed by atoms with Crippen LogP contribution >= 0.6 is 12.2 Å². The number of aromatic nitrogens is 4. The quantitative estimate of drug-likeness (QED) is 0.790. The van der Waals surface area contributed by atoms with Gasteiger partial charge in [-0.1, -0.05) is 6.42 Å². The molecule has 3 rings (SSSR count). The second-order valence-electron chi connectivity index (χ2n) is 5.26. The van der Waals surface area contributed by atoms with E-state index in [9.17, 15) is 0 Å². The Kier molecular flexibility index (Phi) is 3.36. The molecule has 1 fully saturated rings. The number of aryl methyl sites for hydroxylation is 2. The van der Waals surface area contributed by atoms with Gasteiger partial charge in [0.2, 0.25) is 4.77 Å². The Morgan fingerprint density at radius 1 is 1.16 bits per heavy atom. The maximum absolute atomic E-state index is 5.39. The van der Waals surface area contributed by atoms with Gasteiger partial charge >= 0.3 is 0 Å². The fraction of sp³-hybridized carbons (Fsp3) is 0.615. The van der Waals surface area contributed by atoms with E-state index in [4.69, 9.17) is 12.2 Å². The number of hydrogen-bond donors (Lipinski definition) is 0. The molecule has 2 aromatic heterocycles. The van der Waals surface area contributed by atoms with E-state index < -0.39 is 0 Å². The van der Waals surface area contributed by atoms with E-state index in [0.29, 0.717) is 10.5 Å². The van der Waals surface area contributed by atoms with Crippen LogP contribution in [0.1, 0.15) is 30.7 Å². The van der Waals surface area contributed by atoms with Crippen molar-refractivity contribution in [1.82, 2.24) is 24.1 Å². The van der Waals surface area contributed by atoms with Crippen LogP contribution in [0.15, 0.2) is 6.07 Å². The summed E-state index contributed by atoms with van der Waals surface area (Å²) >= 11 is 5.39. The molecule has 19 heavy (non-hydrogen) atoms. The van der Waals surface area contributed by atoms with Crippen molar-refractivity contribution < 1.29 is 0 Å². The highest BCUT2D eigenvalue weighted by Crippen LogP contribution is 2.12. The van der Waals surface area contributed by atoms with E-state index in [2.05, 4.69) is 32.5 Å². The Morgan fingerprint density at radius 2 is 1.89 bits per heavy atom. The fourth-order valence-corrected chi connectivity index (χ4v) is 2.99. The van der Waals surface area contributed by atoms with Crippen LogP contribution in [0.3, 0.4) is 0 Å². The number of rotatable bonds is 2. The predicted molar refractivity (Wildman–Crippen MR) is 76.7 cm³/mol. The van der Waals surface area contributed by atoms with Crippen molar-refractivity contribution in [2.24, 2.45) is 0 Å². The van der Waals surface area contributed by atoms with Crippen molar-refractivity contribution >= 4 is 18.0 Å². The molecule has 0 amide bonds. The molecule has 0 aromatic carbocycles. The first-order valence-corrected chi connectivity index (χ1v) is 7.22. The van der Waals surface area contributed by atoms with Crippen molar-refractivity contribution in [3.05, 3.63) is 22.2 Å². The molecule has 3 heterocycles. The predicted octanol–water partition coefficient (Wildman–Crippen LogP) is 2.32. The maximum Gasteiger partial charge on any atom is 0.252 e. The molecule has 0 N–H and O–H groups in total. The van der Waals surface area contributed by atoms with Crippen molar-refractivity contribution in [3.8, 4) is 0 Å². The SMILES string of the molecule is Cc1cc(C)n2c(n1)nc(=S)n2CN1CCCCC1. The molecule has 0 saturated carbocycles. The first kappa shape index (κ1) is 12.7. The second kappa shape index (κ2) is 5.02. The van der Waals surface area contributed by atoms with Gasteiger partial charge in [0.25, 0.3) is 5.78 Å². The Bertz CT molecular complexity index is 651. The Hall–Kier alpha value is -1.27. The number of hydrogen-bond acceptors (Lipinski definition) is 4. The summed E-state index contributed by atoms with van der Waals surface area (Å²) in [5.74, 6) is 0.708. The van der Waals surface area contributed by atoms with Crippen molar-refractivity contribution in [2.45, 2.75) is 39.8 Å². The molecule has 0 spiro atoms. The molecule has 6 heteroatoms. The Morgan fingerprint density at radius 3 is 2.63 bits per heavy atom. The van der Waals surface area contributed by atoms with Gasteiger partial charge in [-0.2, -0.15) is 4.98 Å². The molecule has 1 aliphatic heterocycles. The third-order valence-electron chi connectivity index (χ3n) is 3.66. The second-order valence-corrected chi connectivity index (χ2v) is 5.63. The topological polar surface area (TPSA) is 38.4 Å². The highest BCUT2D eigenvalue weighted by molar-refractivity contribution is 7.71. The number of fused-ring (bicyclic) bond motifs is 1. The molecule has 102 valence electrons. The molecule has 1 aliphatic rings. The van der Waals surface area contributed by atoms with Crippen LogP contribution in [-0.2, 0) is 6.67 Å². The van der Waals surface area contributed by atoms with Crippen LogP contribution in [0.5, 0.6) is 0 Å². The maximum atomic E-state index is 5.39. The number of piperidine rings is 1. The van der Waals surface area contributed by atoms with E-state index in [1.807, 2.05) is 11.4 Å². The standard InChI is InChI=1S/C13H19N5S/c1-10-8-11(2)18-12(14-10)15-13(19)17(18)9-16-6-4-3-5-7-16/h8H,3-7,9H2,1-2H3. The van der Waals surface area contributed by atoms with Gasteiger partial charge in [-0.05, 0) is 58.1 Å². The van der Waals surface area contributed by atoms with Crippen molar-refractivity contribution in [3.63, 3.8) is 0 Å². The van der Waals surface area contributed by atoms with Crippen LogP contribution in [0.2, 0.25) is 0 Å². The van der Waals surface area contributed by atoms with E-state index in [-0.39, 0.29) is 0 Å². The molecular weight excluding hydrogens is 258 g/mol. The lowest BCUT2D eigenvalue weighted by Gasteiger charge is -2.26. The van der Waals surface area contributed by atoms with E-state index in [1.54, 1.807) is 0 Å². The van der Waals surface area contributed by atoms with E-state index in [0.717, 1.165) is 31.1 Å². The van der Waals surface area contributed by atoms with Gasteiger partial charge in [0.1, 0.15) is 0 Å². The van der Waals surface area contributed by atoms with Gasteiger partial charge in [0.15, 0.2) is 0 Å². The molecule has 0 unspecified atom stereocenters. The van der Waals surface area contributed by atoms with Crippen LogP contribution < -0.4 is 0 Å². The Labute approximate surface area is 117 Å². The van der Waals surface area contributed by atoms with Gasteiger partial charge in [-0.25, -0.2) is 14.2 Å². The van der Waals surface area contributed by atoms with Crippen molar-refractivity contribution in [2.75, 3.05) is 13.1 Å². The van der Waals surface area contributed by atoms with Gasteiger partial charge in [0.05, 0.1) is 6.67 Å². The summed E-state index contributed by atoms with van der Waals surface area (Å²) < 4.78 is 4.70. The number of likely N-dealkylation sites (tertiary alicyclic amines) is 1. The summed E-state index contributed by atoms with van der Waals surface area (Å²) in [5, 5.41) is 0. The average molecular weight is 277 g/mol. The minimum atomic E-state index is 0.617. The van der Waals surface area contributed by atoms with Gasteiger partial charge in [-0.15, -0.1) is 0 Å². The molecule has 0 aliphatic carbocycles. The van der Waals surface area contributed by atoms with Gasteiger partial charge in [-0.3, -0.25) is 4.90 Å². The molecule has 0 radical (unpaired) electrons. The molecule has 0 atom stereocenters. The van der Waals surface area contributed by atoms with Crippen LogP contribution in [0.4, 0.5) is 0 Å². The summed E-state index contributed by atoms with van der Waals surface area (Å²) in [4.78, 5) is 11.3. The molecule has 1 saturated heterocycles. The zero-order chi connectivity index (χ0) is 13.4. The third kappa shape index (κ3) is 2.42. The minimum Gasteiger partial charge on any atom is -0.284 e. The zero-order valence-electron chi connectivity index (χ0n) is 11.5. The lowest BCUT2D eigenvalue weighted by molar-refractivity contribution is 0.168. The highest BCUT2D eigenvalue weighted by atomic mass is 32.1. The number of nitrogens with zero attached hydrogens (tertiary/aromatic N) is 5. The largest absolute Gasteiger partial charge is 0.284 e. The zero-order valence-corrected chi connectivity index (χ0v) is 12.3. The van der Waals surface area contributed by atoms with E-state index >= 15 is 0 Å². The summed E-state index contributed by atoms with van der Waals surface area (Å²) in [6.07, 6.45) is 3.90. The molecular formula is C13H19N5S. The minimum absolute atomic E-state index is 0.617. The molecule has 2 aromatic rings. The van der Waals surface area contributed by atoms with Crippen molar-refractivity contribution in [1.29, 1.82) is 0 Å². The average Bonchev–Trinajstić information content (AvgIpc) is 2.67. The monoisotopic (exact) mass is 277 g/mol. The van der Waals surface area contributed by atoms with Gasteiger partial charge in [0, 0.05) is 11.4 Å². The fourth-order valence-electron chi connectivity index (χ4n) is 2.77. The van der Waals surface area contributed by atoms with Crippen LogP contribution in [0.25, 0.3) is 5.78 Å². The summed E-state index contributed by atoms with van der Waals surface area (Å²) in [5.41, 5.74) is 2.11. The van der Waals surface area contributed by atoms with Crippen LogP contribution in [0, 0.1) is 18.6 Å². The lowest BCUT2D eigenvalue weighted by Crippen LogP contribution is -2.33. The smallest absolute Gasteiger partial charge is 0.252 e. The van der Waals surface area contributed by atoms with E-state index in [1.165, 1.54) is 19.3 Å². The Balaban J connectivity index is 2.02. The molecule has 0 bridgehead atoms. The summed E-state index contributed by atoms with van der Waals surface area (Å²) in [6.45, 7) is 7.16. The highest BCUT2D eigenvalue weighted by Gasteiger charge is 2.14. The summed E-state index contributed by atoms with van der Waals surface area (Å²) in [6, 6.07) is 2.07. The first-order valence-electron chi connectivity index (χ1n) is 6.81. The normalized spacial score (nSPS) is 17.2. The molecule has 5 nitrogen and oxygen atoms in total. The first-order chi connectivity index (χ1) is 9.15. The third-order valence-corrected chi connectivity index (χ3v) is 3.96.